The number of hydrogen-bond acceptors (Lipinski definition) is 5. The zero-order valence-corrected chi connectivity index (χ0v) is 14.9. The molecule has 0 unspecified atom stereocenters. The summed E-state index contributed by atoms with van der Waals surface area (Å²) in [6, 6.07) is 11.5. The maximum Gasteiger partial charge on any atom is 0.196 e. The number of benzene rings is 2. The molecule has 144 valence electrons. The quantitative estimate of drug-likeness (QED) is 0.607. The maximum atomic E-state index is 13.8. The molecule has 2 aromatic carbocycles. The molecular weight excluding hydrogens is 367 g/mol. The van der Waals surface area contributed by atoms with E-state index in [2.05, 4.69) is 25.5 Å². The molecule has 2 heterocycles. The zero-order chi connectivity index (χ0) is 19.5. The third-order valence-corrected chi connectivity index (χ3v) is 4.58. The van der Waals surface area contributed by atoms with E-state index in [1.807, 2.05) is 24.3 Å². The Kier molecular flexibility index (Phi) is 5.01. The molecule has 1 aliphatic heterocycles. The topological polar surface area (TPSA) is 53.1 Å². The number of nitrogens with zero attached hydrogens (tertiary/aromatic N) is 3. The number of nitrogens with one attached hydrogen (secondary N) is 2. The summed E-state index contributed by atoms with van der Waals surface area (Å²) < 4.78 is 40.2. The third kappa shape index (κ3) is 3.85. The van der Waals surface area contributed by atoms with Crippen LogP contribution in [0.2, 0.25) is 0 Å². The van der Waals surface area contributed by atoms with E-state index in [1.165, 1.54) is 24.9 Å². The van der Waals surface area contributed by atoms with E-state index in [0.717, 1.165) is 30.9 Å². The molecule has 1 fully saturated rings. The van der Waals surface area contributed by atoms with Gasteiger partial charge in [0.15, 0.2) is 17.5 Å². The Hall–Kier alpha value is -3.29. The summed E-state index contributed by atoms with van der Waals surface area (Å²) in [5.74, 6) is -3.35. The molecule has 1 saturated heterocycles. The second-order valence-electron chi connectivity index (χ2n) is 6.50. The number of anilines is 5. The Morgan fingerprint density at radius 3 is 2.18 bits per heavy atom. The van der Waals surface area contributed by atoms with E-state index in [0.29, 0.717) is 5.82 Å². The van der Waals surface area contributed by atoms with Gasteiger partial charge in [-0.05, 0) is 49.2 Å². The molecular formula is C20H18F3N5. The first-order valence-corrected chi connectivity index (χ1v) is 8.95. The van der Waals surface area contributed by atoms with Crippen LogP contribution in [0.4, 0.5) is 41.9 Å². The highest BCUT2D eigenvalue weighted by Crippen LogP contribution is 2.26. The number of halogens is 3. The molecule has 28 heavy (non-hydrogen) atoms. The lowest BCUT2D eigenvalue weighted by molar-refractivity contribution is 0.449. The van der Waals surface area contributed by atoms with Gasteiger partial charge in [0, 0.05) is 30.5 Å². The molecule has 0 bridgehead atoms. The minimum atomic E-state index is -1.53. The maximum absolute atomic E-state index is 13.8. The predicted octanol–water partition coefficient (Wildman–Crippen LogP) is 4.98. The molecule has 1 aromatic heterocycles. The normalized spacial score (nSPS) is 13.6. The average molecular weight is 385 g/mol. The van der Waals surface area contributed by atoms with Gasteiger partial charge in [0.2, 0.25) is 0 Å². The average Bonchev–Trinajstić information content (AvgIpc) is 3.24. The van der Waals surface area contributed by atoms with Gasteiger partial charge in [-0.15, -0.1) is 0 Å². The van der Waals surface area contributed by atoms with Gasteiger partial charge in [0.25, 0.3) is 0 Å². The summed E-state index contributed by atoms with van der Waals surface area (Å²) in [6.07, 6.45) is 3.73. The van der Waals surface area contributed by atoms with Crippen molar-refractivity contribution in [1.82, 2.24) is 9.97 Å². The van der Waals surface area contributed by atoms with Crippen LogP contribution >= 0.6 is 0 Å². The van der Waals surface area contributed by atoms with Gasteiger partial charge in [0.1, 0.15) is 18.0 Å². The van der Waals surface area contributed by atoms with Crippen LogP contribution in [-0.2, 0) is 0 Å². The van der Waals surface area contributed by atoms with Crippen molar-refractivity contribution in [2.24, 2.45) is 0 Å². The molecule has 0 amide bonds. The van der Waals surface area contributed by atoms with Crippen molar-refractivity contribution >= 4 is 28.7 Å². The molecule has 2 N–H and O–H groups in total. The minimum Gasteiger partial charge on any atom is -0.372 e. The monoisotopic (exact) mass is 385 g/mol. The van der Waals surface area contributed by atoms with Gasteiger partial charge in [-0.1, -0.05) is 0 Å². The summed E-state index contributed by atoms with van der Waals surface area (Å²) in [5.41, 5.74) is 1.81. The molecule has 4 rings (SSSR count). The van der Waals surface area contributed by atoms with Crippen molar-refractivity contribution in [2.75, 3.05) is 28.6 Å². The van der Waals surface area contributed by atoms with Gasteiger partial charge in [-0.2, -0.15) is 0 Å². The van der Waals surface area contributed by atoms with Crippen molar-refractivity contribution in [2.45, 2.75) is 12.8 Å². The molecule has 5 nitrogen and oxygen atoms in total. The first-order chi connectivity index (χ1) is 13.6. The highest BCUT2D eigenvalue weighted by molar-refractivity contribution is 5.65. The van der Waals surface area contributed by atoms with Crippen molar-refractivity contribution in [1.29, 1.82) is 0 Å². The Morgan fingerprint density at radius 1 is 0.786 bits per heavy atom. The molecule has 3 aromatic rings. The van der Waals surface area contributed by atoms with Gasteiger partial charge in [0.05, 0.1) is 5.69 Å². The van der Waals surface area contributed by atoms with Crippen molar-refractivity contribution in [3.8, 4) is 0 Å². The summed E-state index contributed by atoms with van der Waals surface area (Å²) in [6.45, 7) is 2.16. The lowest BCUT2D eigenvalue weighted by atomic mass is 10.2. The Labute approximate surface area is 160 Å². The predicted molar refractivity (Wildman–Crippen MR) is 103 cm³/mol. The highest BCUT2D eigenvalue weighted by atomic mass is 19.2. The fraction of sp³-hybridized carbons (Fsp3) is 0.200. The standard InChI is InChI=1S/C20H18F3N5/c21-15-7-8-16(20(23)19(15)22)27-18-11-17(24-12-25-18)26-13-3-5-14(6-4-13)28-9-1-2-10-28/h3-8,11-12H,1-2,9-10H2,(H2,24,25,26,27). The number of hydrogen-bond donors (Lipinski definition) is 2. The van der Waals surface area contributed by atoms with Gasteiger partial charge in [-0.3, -0.25) is 0 Å². The molecule has 8 heteroatoms. The second kappa shape index (κ2) is 7.75. The van der Waals surface area contributed by atoms with Gasteiger partial charge in [-0.25, -0.2) is 23.1 Å². The first-order valence-electron chi connectivity index (χ1n) is 8.95. The molecule has 0 spiro atoms. The molecule has 1 aliphatic rings. The van der Waals surface area contributed by atoms with Gasteiger partial charge >= 0.3 is 0 Å². The first kappa shape index (κ1) is 18.1. The van der Waals surface area contributed by atoms with E-state index in [-0.39, 0.29) is 11.5 Å². The Bertz CT molecular complexity index is 972. The van der Waals surface area contributed by atoms with Gasteiger partial charge < -0.3 is 15.5 Å². The van der Waals surface area contributed by atoms with E-state index >= 15 is 0 Å². The van der Waals surface area contributed by atoms with E-state index in [1.54, 1.807) is 6.07 Å². The second-order valence-corrected chi connectivity index (χ2v) is 6.50. The lowest BCUT2D eigenvalue weighted by Crippen LogP contribution is -2.17. The molecule has 0 saturated carbocycles. The van der Waals surface area contributed by atoms with Crippen LogP contribution in [0.3, 0.4) is 0 Å². The van der Waals surface area contributed by atoms with Crippen LogP contribution in [-0.4, -0.2) is 23.1 Å². The Balaban J connectivity index is 1.47. The van der Waals surface area contributed by atoms with Crippen LogP contribution in [0.15, 0.2) is 48.8 Å². The van der Waals surface area contributed by atoms with Crippen LogP contribution < -0.4 is 15.5 Å². The largest absolute Gasteiger partial charge is 0.372 e. The molecule has 0 radical (unpaired) electrons. The van der Waals surface area contributed by atoms with Crippen LogP contribution in [0, 0.1) is 17.5 Å². The van der Waals surface area contributed by atoms with Crippen molar-refractivity contribution in [3.05, 3.63) is 66.2 Å². The van der Waals surface area contributed by atoms with Crippen molar-refractivity contribution < 1.29 is 13.2 Å². The fourth-order valence-electron chi connectivity index (χ4n) is 3.13. The van der Waals surface area contributed by atoms with E-state index in [9.17, 15) is 13.2 Å². The van der Waals surface area contributed by atoms with E-state index < -0.39 is 17.5 Å². The third-order valence-electron chi connectivity index (χ3n) is 4.58. The zero-order valence-electron chi connectivity index (χ0n) is 14.9. The number of aromatic nitrogens is 2. The highest BCUT2D eigenvalue weighted by Gasteiger charge is 2.14. The van der Waals surface area contributed by atoms with Crippen LogP contribution in [0.1, 0.15) is 12.8 Å². The smallest absolute Gasteiger partial charge is 0.196 e. The summed E-state index contributed by atoms with van der Waals surface area (Å²) in [5, 5.41) is 5.78. The SMILES string of the molecule is Fc1ccc(Nc2cc(Nc3ccc(N4CCCC4)cc3)ncn2)c(F)c1F. The van der Waals surface area contributed by atoms with Crippen molar-refractivity contribution in [3.63, 3.8) is 0 Å². The fourth-order valence-corrected chi connectivity index (χ4v) is 3.13. The summed E-state index contributed by atoms with van der Waals surface area (Å²) >= 11 is 0. The minimum absolute atomic E-state index is 0.210. The molecule has 0 aliphatic carbocycles. The van der Waals surface area contributed by atoms with Crippen LogP contribution in [0.25, 0.3) is 0 Å². The van der Waals surface area contributed by atoms with E-state index in [4.69, 9.17) is 0 Å². The molecule has 0 atom stereocenters. The van der Waals surface area contributed by atoms with Crippen LogP contribution in [0.5, 0.6) is 0 Å². The number of rotatable bonds is 5. The summed E-state index contributed by atoms with van der Waals surface area (Å²) in [4.78, 5) is 10.5. The Morgan fingerprint density at radius 2 is 1.46 bits per heavy atom. The lowest BCUT2D eigenvalue weighted by Gasteiger charge is -2.18. The summed E-state index contributed by atoms with van der Waals surface area (Å²) in [7, 11) is 0.